The second kappa shape index (κ2) is 7.54. The van der Waals surface area contributed by atoms with Gasteiger partial charge in [-0.1, -0.05) is 17.7 Å². The first kappa shape index (κ1) is 19.5. The number of thiophene rings is 1. The summed E-state index contributed by atoms with van der Waals surface area (Å²) in [5.74, 6) is -2.85. The smallest absolute Gasteiger partial charge is 0.335 e. The molecule has 1 aromatic heterocycles. The fraction of sp³-hybridized carbons (Fsp3) is 0.0455. The highest BCUT2D eigenvalue weighted by Crippen LogP contribution is 2.38. The first-order valence-corrected chi connectivity index (χ1v) is 9.70. The molecule has 4 rings (SSSR count). The number of fused-ring (bicyclic) bond motifs is 1. The van der Waals surface area contributed by atoms with Gasteiger partial charge in [0.15, 0.2) is 0 Å². The fourth-order valence-electron chi connectivity index (χ4n) is 3.24. The molecule has 0 aliphatic carbocycles. The van der Waals surface area contributed by atoms with Gasteiger partial charge in [0.25, 0.3) is 0 Å². The zero-order chi connectivity index (χ0) is 20.7. The van der Waals surface area contributed by atoms with Crippen LogP contribution in [0.15, 0.2) is 54.6 Å². The van der Waals surface area contributed by atoms with Crippen molar-refractivity contribution in [1.82, 2.24) is 0 Å². The van der Waals surface area contributed by atoms with Gasteiger partial charge in [-0.3, -0.25) is 0 Å². The summed E-state index contributed by atoms with van der Waals surface area (Å²) in [5.41, 5.74) is 1.32. The minimum Gasteiger partial charge on any atom is -0.478 e. The molecule has 7 heteroatoms. The van der Waals surface area contributed by atoms with Crippen LogP contribution in [-0.2, 0) is 6.42 Å². The van der Waals surface area contributed by atoms with Crippen molar-refractivity contribution in [2.24, 2.45) is 0 Å². The number of hydrogen-bond acceptors (Lipinski definition) is 2. The van der Waals surface area contributed by atoms with Crippen LogP contribution < -0.4 is 0 Å². The lowest BCUT2D eigenvalue weighted by atomic mass is 10.0. The van der Waals surface area contributed by atoms with Crippen molar-refractivity contribution in [2.45, 2.75) is 6.42 Å². The lowest BCUT2D eigenvalue weighted by Gasteiger charge is -2.06. The first-order valence-electron chi connectivity index (χ1n) is 8.50. The van der Waals surface area contributed by atoms with E-state index in [1.165, 1.54) is 47.7 Å². The summed E-state index contributed by atoms with van der Waals surface area (Å²) < 4.78 is 42.5. The second-order valence-electron chi connectivity index (χ2n) is 6.54. The number of hydrogen-bond donors (Lipinski definition) is 1. The Kier molecular flexibility index (Phi) is 5.06. The van der Waals surface area contributed by atoms with Crippen molar-refractivity contribution in [2.75, 3.05) is 0 Å². The summed E-state index contributed by atoms with van der Waals surface area (Å²) in [6.45, 7) is 0. The number of halogens is 4. The number of rotatable bonds is 4. The van der Waals surface area contributed by atoms with Gasteiger partial charge in [0.05, 0.1) is 5.56 Å². The van der Waals surface area contributed by atoms with Gasteiger partial charge >= 0.3 is 5.97 Å². The topological polar surface area (TPSA) is 37.3 Å². The van der Waals surface area contributed by atoms with Gasteiger partial charge in [-0.15, -0.1) is 11.3 Å². The molecule has 146 valence electrons. The third kappa shape index (κ3) is 3.99. The quantitative estimate of drug-likeness (QED) is 0.379. The summed E-state index contributed by atoms with van der Waals surface area (Å²) in [7, 11) is 0. The van der Waals surface area contributed by atoms with E-state index in [0.29, 0.717) is 33.2 Å². The molecule has 0 radical (unpaired) electrons. The van der Waals surface area contributed by atoms with Crippen molar-refractivity contribution in [3.05, 3.63) is 93.1 Å². The average Bonchev–Trinajstić information content (AvgIpc) is 3.05. The molecule has 3 aromatic carbocycles. The van der Waals surface area contributed by atoms with Crippen molar-refractivity contribution in [3.63, 3.8) is 0 Å². The van der Waals surface area contributed by atoms with E-state index in [9.17, 15) is 23.1 Å². The van der Waals surface area contributed by atoms with E-state index in [4.69, 9.17) is 11.6 Å². The largest absolute Gasteiger partial charge is 0.478 e. The Morgan fingerprint density at radius 3 is 2.45 bits per heavy atom. The van der Waals surface area contributed by atoms with E-state index < -0.39 is 23.4 Å². The normalized spacial score (nSPS) is 11.2. The highest BCUT2D eigenvalue weighted by Gasteiger charge is 2.15. The molecule has 0 saturated carbocycles. The van der Waals surface area contributed by atoms with E-state index in [2.05, 4.69) is 0 Å². The molecule has 29 heavy (non-hydrogen) atoms. The molecule has 0 bridgehead atoms. The lowest BCUT2D eigenvalue weighted by Crippen LogP contribution is -1.97. The van der Waals surface area contributed by atoms with Crippen LogP contribution in [0.3, 0.4) is 0 Å². The van der Waals surface area contributed by atoms with E-state index in [1.54, 1.807) is 12.1 Å². The molecular formula is C22H12ClF3O2S. The third-order valence-electron chi connectivity index (χ3n) is 4.44. The number of carbonyl (C=O) groups is 1. The van der Waals surface area contributed by atoms with E-state index in [1.807, 2.05) is 0 Å². The summed E-state index contributed by atoms with van der Waals surface area (Å²) in [6.07, 6.45) is 0.346. The Bertz CT molecular complexity index is 1250. The maximum absolute atomic E-state index is 14.4. The SMILES string of the molecule is O=C(O)c1cc(F)cc(-c2ccc(F)c3cc(Cc4cc(F)cc(Cl)c4)sc23)c1. The summed E-state index contributed by atoms with van der Waals surface area (Å²) in [6, 6.07) is 12.1. The van der Waals surface area contributed by atoms with E-state index in [0.717, 1.165) is 10.9 Å². The van der Waals surface area contributed by atoms with E-state index >= 15 is 0 Å². The summed E-state index contributed by atoms with van der Waals surface area (Å²) in [4.78, 5) is 12.0. The number of aromatic carboxylic acids is 1. The van der Waals surface area contributed by atoms with Crippen molar-refractivity contribution in [3.8, 4) is 11.1 Å². The van der Waals surface area contributed by atoms with Crippen LogP contribution in [0.4, 0.5) is 13.2 Å². The molecule has 2 nitrogen and oxygen atoms in total. The monoisotopic (exact) mass is 432 g/mol. The molecule has 1 heterocycles. The molecule has 0 aliphatic rings. The second-order valence-corrected chi connectivity index (χ2v) is 8.11. The van der Waals surface area contributed by atoms with Crippen LogP contribution >= 0.6 is 22.9 Å². The predicted molar refractivity (Wildman–Crippen MR) is 108 cm³/mol. The average molecular weight is 433 g/mol. The van der Waals surface area contributed by atoms with Crippen LogP contribution in [0.1, 0.15) is 20.8 Å². The van der Waals surface area contributed by atoms with Gasteiger partial charge in [0.1, 0.15) is 17.5 Å². The highest BCUT2D eigenvalue weighted by atomic mass is 35.5. The predicted octanol–water partition coefficient (Wildman–Crippen LogP) is 6.93. The van der Waals surface area contributed by atoms with E-state index in [-0.39, 0.29) is 10.6 Å². The standard InChI is InChI=1S/C22H12ClF3O2S/c23-14-3-11(4-15(24)9-14)5-17-10-19-20(26)2-1-18(21(19)29-17)12-6-13(22(27)28)8-16(25)7-12/h1-4,6-10H,5H2,(H,27,28). The van der Waals surface area contributed by atoms with Gasteiger partial charge < -0.3 is 5.11 Å². The van der Waals surface area contributed by atoms with Gasteiger partial charge in [-0.2, -0.15) is 0 Å². The molecule has 0 fully saturated rings. The number of carboxylic acid groups (broad SMARTS) is 1. The van der Waals surface area contributed by atoms with Gasteiger partial charge in [-0.25, -0.2) is 18.0 Å². The van der Waals surface area contributed by atoms with Gasteiger partial charge in [0.2, 0.25) is 0 Å². The van der Waals surface area contributed by atoms with Crippen LogP contribution in [-0.4, -0.2) is 11.1 Å². The van der Waals surface area contributed by atoms with Crippen molar-refractivity contribution >= 4 is 39.0 Å². The summed E-state index contributed by atoms with van der Waals surface area (Å²) in [5, 5.41) is 9.80. The fourth-order valence-corrected chi connectivity index (χ4v) is 4.72. The first-order chi connectivity index (χ1) is 13.8. The van der Waals surface area contributed by atoms with Crippen molar-refractivity contribution in [1.29, 1.82) is 0 Å². The Hall–Kier alpha value is -2.83. The third-order valence-corrected chi connectivity index (χ3v) is 5.82. The Labute approximate surface area is 172 Å². The Morgan fingerprint density at radius 2 is 1.72 bits per heavy atom. The molecule has 0 aliphatic heterocycles. The van der Waals surface area contributed by atoms with Crippen LogP contribution in [0.2, 0.25) is 5.02 Å². The molecule has 0 saturated heterocycles. The zero-order valence-corrected chi connectivity index (χ0v) is 16.3. The number of carboxylic acids is 1. The molecule has 0 atom stereocenters. The molecule has 0 amide bonds. The minimum atomic E-state index is -1.25. The Balaban J connectivity index is 1.83. The van der Waals surface area contributed by atoms with Gasteiger partial charge in [-0.05, 0) is 65.2 Å². The van der Waals surface area contributed by atoms with Crippen LogP contribution in [0.25, 0.3) is 21.2 Å². The maximum atomic E-state index is 14.4. The van der Waals surface area contributed by atoms with Gasteiger partial charge in [0, 0.05) is 26.4 Å². The highest BCUT2D eigenvalue weighted by molar-refractivity contribution is 7.19. The minimum absolute atomic E-state index is 0.191. The maximum Gasteiger partial charge on any atom is 0.335 e. The summed E-state index contributed by atoms with van der Waals surface area (Å²) >= 11 is 7.18. The molecule has 0 spiro atoms. The Morgan fingerprint density at radius 1 is 0.966 bits per heavy atom. The van der Waals surface area contributed by atoms with Crippen LogP contribution in [0, 0.1) is 17.5 Å². The van der Waals surface area contributed by atoms with Crippen LogP contribution in [0.5, 0.6) is 0 Å². The zero-order valence-electron chi connectivity index (χ0n) is 14.7. The van der Waals surface area contributed by atoms with Crippen molar-refractivity contribution < 1.29 is 23.1 Å². The lowest BCUT2D eigenvalue weighted by molar-refractivity contribution is 0.0696. The number of benzene rings is 3. The molecule has 1 N–H and O–H groups in total. The molecular weight excluding hydrogens is 421 g/mol. The molecule has 0 unspecified atom stereocenters. The molecule has 4 aromatic rings.